The number of hydrogen-bond acceptors (Lipinski definition) is 3. The van der Waals surface area contributed by atoms with Crippen molar-refractivity contribution in [3.05, 3.63) is 115 Å². The molecule has 2 aromatic carbocycles. The van der Waals surface area contributed by atoms with Gasteiger partial charge in [0.25, 0.3) is 0 Å². The third kappa shape index (κ3) is 6.86. The van der Waals surface area contributed by atoms with Crippen LogP contribution in [0.4, 0.5) is 0 Å². The second kappa shape index (κ2) is 11.1. The molecular weight excluding hydrogens is 510 g/mol. The first-order valence-electron chi connectivity index (χ1n) is 8.48. The molecule has 0 fully saturated rings. The van der Waals surface area contributed by atoms with E-state index in [4.69, 9.17) is 0 Å². The van der Waals surface area contributed by atoms with Crippen LogP contribution < -0.4 is 0 Å². The van der Waals surface area contributed by atoms with Gasteiger partial charge in [-0.05, 0) is 11.8 Å². The second-order valence-corrected chi connectivity index (χ2v) is 5.84. The summed E-state index contributed by atoms with van der Waals surface area (Å²) in [4.78, 5) is 8.42. The van der Waals surface area contributed by atoms with E-state index in [-0.39, 0.29) is 20.1 Å². The second-order valence-electron chi connectivity index (χ2n) is 5.84. The van der Waals surface area contributed by atoms with Crippen LogP contribution in [-0.2, 0) is 20.1 Å². The summed E-state index contributed by atoms with van der Waals surface area (Å²) < 4.78 is 0. The van der Waals surface area contributed by atoms with Gasteiger partial charge in [-0.1, -0.05) is 24.4 Å². The summed E-state index contributed by atoms with van der Waals surface area (Å²) in [5, 5.41) is 0. The third-order valence-corrected chi connectivity index (χ3v) is 3.72. The first kappa shape index (κ1) is 20.6. The zero-order valence-electron chi connectivity index (χ0n) is 15.1. The third-order valence-electron chi connectivity index (χ3n) is 3.72. The molecule has 0 saturated heterocycles. The fourth-order valence-corrected chi connectivity index (χ4v) is 2.40. The maximum atomic E-state index is 4.22. The largest absolute Gasteiger partial charge is 0.361 e. The van der Waals surface area contributed by atoms with Crippen LogP contribution in [0.5, 0.6) is 0 Å². The molecule has 0 atom stereocenters. The molecule has 27 heavy (non-hydrogen) atoms. The number of pyridine rings is 1. The molecule has 2 heterocycles. The van der Waals surface area contributed by atoms with Crippen LogP contribution in [0.3, 0.4) is 0 Å². The molecule has 0 aliphatic carbocycles. The Morgan fingerprint density at radius 1 is 0.963 bits per heavy atom. The maximum absolute atomic E-state index is 4.22. The van der Waals surface area contributed by atoms with Crippen LogP contribution in [0, 0.1) is 12.1 Å². The number of nitrogens with zero attached hydrogens (tertiary/aromatic N) is 3. The molecule has 0 amide bonds. The van der Waals surface area contributed by atoms with E-state index in [1.54, 1.807) is 6.20 Å². The Balaban J connectivity index is 0.000000189. The molecule has 0 spiro atoms. The fraction of sp³-hybridized carbons (Fsp3) is 0.0870. The van der Waals surface area contributed by atoms with Gasteiger partial charge in [0.2, 0.25) is 0 Å². The minimum absolute atomic E-state index is 0. The van der Waals surface area contributed by atoms with Crippen molar-refractivity contribution >= 4 is 0 Å². The molecule has 139 valence electrons. The SMILES string of the molecule is CN1C=CN(C=[C-]c2ccccc2)C1.[Ir].[c-]1ccccc1-c1ccccn1. The van der Waals surface area contributed by atoms with Crippen molar-refractivity contribution in [3.63, 3.8) is 0 Å². The van der Waals surface area contributed by atoms with Crippen LogP contribution in [0.1, 0.15) is 5.56 Å². The number of hydrogen-bond donors (Lipinski definition) is 0. The Morgan fingerprint density at radius 3 is 2.37 bits per heavy atom. The summed E-state index contributed by atoms with van der Waals surface area (Å²) in [6.45, 7) is 0.903. The number of aromatic nitrogens is 1. The average molecular weight is 532 g/mol. The molecule has 0 N–H and O–H groups in total. The molecule has 3 aromatic rings. The zero-order chi connectivity index (χ0) is 18.0. The van der Waals surface area contributed by atoms with Crippen LogP contribution in [0.15, 0.2) is 97.6 Å². The van der Waals surface area contributed by atoms with Crippen molar-refractivity contribution in [1.82, 2.24) is 14.8 Å². The first-order valence-corrected chi connectivity index (χ1v) is 8.48. The normalized spacial score (nSPS) is 12.5. The number of benzene rings is 2. The predicted molar refractivity (Wildman–Crippen MR) is 105 cm³/mol. The van der Waals surface area contributed by atoms with Crippen molar-refractivity contribution in [2.24, 2.45) is 0 Å². The molecule has 0 saturated carbocycles. The molecule has 1 aliphatic rings. The Hall–Kier alpha value is -2.68. The zero-order valence-corrected chi connectivity index (χ0v) is 17.5. The Labute approximate surface area is 175 Å². The van der Waals surface area contributed by atoms with Crippen LogP contribution >= 0.6 is 0 Å². The smallest absolute Gasteiger partial charge is 0.0921 e. The van der Waals surface area contributed by atoms with Crippen molar-refractivity contribution < 1.29 is 20.1 Å². The minimum atomic E-state index is 0. The molecule has 4 rings (SSSR count). The number of rotatable bonds is 3. The Bertz CT molecular complexity index is 796. The van der Waals surface area contributed by atoms with Gasteiger partial charge in [0, 0.05) is 45.7 Å². The van der Waals surface area contributed by atoms with Crippen molar-refractivity contribution in [2.45, 2.75) is 0 Å². The van der Waals surface area contributed by atoms with Gasteiger partial charge in [-0.3, -0.25) is 0 Å². The average Bonchev–Trinajstić information content (AvgIpc) is 3.14. The van der Waals surface area contributed by atoms with E-state index < -0.39 is 0 Å². The van der Waals surface area contributed by atoms with E-state index in [2.05, 4.69) is 26.9 Å². The standard InChI is InChI=1S/C12H13N2.C11H8N.Ir/c1-13-9-10-14(11-13)8-7-12-5-3-2-4-6-12;1-2-6-10(7-3-1)11-8-4-5-9-12-11;/h2-6,8-10H,11H2,1H3;1-6,8-9H;/q2*-1;. The van der Waals surface area contributed by atoms with E-state index in [9.17, 15) is 0 Å². The van der Waals surface area contributed by atoms with Crippen molar-refractivity contribution in [2.75, 3.05) is 13.7 Å². The van der Waals surface area contributed by atoms with Gasteiger partial charge in [0.1, 0.15) is 0 Å². The van der Waals surface area contributed by atoms with Gasteiger partial charge in [-0.15, -0.1) is 48.0 Å². The molecule has 3 nitrogen and oxygen atoms in total. The molecule has 1 radical (unpaired) electrons. The van der Waals surface area contributed by atoms with Gasteiger partial charge in [-0.25, -0.2) is 0 Å². The Morgan fingerprint density at radius 2 is 1.74 bits per heavy atom. The van der Waals surface area contributed by atoms with E-state index in [0.717, 1.165) is 23.5 Å². The van der Waals surface area contributed by atoms with E-state index in [0.29, 0.717) is 0 Å². The van der Waals surface area contributed by atoms with Gasteiger partial charge in [0.15, 0.2) is 0 Å². The van der Waals surface area contributed by atoms with Crippen molar-refractivity contribution in [1.29, 1.82) is 0 Å². The summed E-state index contributed by atoms with van der Waals surface area (Å²) in [7, 11) is 2.05. The van der Waals surface area contributed by atoms with Gasteiger partial charge in [0.05, 0.1) is 6.67 Å². The molecule has 1 aromatic heterocycles. The van der Waals surface area contributed by atoms with Gasteiger partial charge < -0.3 is 14.8 Å². The monoisotopic (exact) mass is 532 g/mol. The van der Waals surface area contributed by atoms with E-state index in [1.165, 1.54) is 0 Å². The van der Waals surface area contributed by atoms with Crippen LogP contribution in [-0.4, -0.2) is 28.5 Å². The summed E-state index contributed by atoms with van der Waals surface area (Å²) in [6.07, 6.45) is 11.1. The van der Waals surface area contributed by atoms with Gasteiger partial charge in [-0.2, -0.15) is 23.8 Å². The fourth-order valence-electron chi connectivity index (χ4n) is 2.40. The molecule has 4 heteroatoms. The topological polar surface area (TPSA) is 19.4 Å². The summed E-state index contributed by atoms with van der Waals surface area (Å²) in [5.74, 6) is 0. The van der Waals surface area contributed by atoms with E-state index in [1.807, 2.05) is 98.4 Å². The quantitative estimate of drug-likeness (QED) is 0.462. The summed E-state index contributed by atoms with van der Waals surface area (Å²) in [6, 6.07) is 26.9. The molecule has 1 aliphatic heterocycles. The predicted octanol–water partition coefficient (Wildman–Crippen LogP) is 4.57. The summed E-state index contributed by atoms with van der Waals surface area (Å²) >= 11 is 0. The van der Waals surface area contributed by atoms with Crippen molar-refractivity contribution in [3.8, 4) is 11.3 Å². The van der Waals surface area contributed by atoms with E-state index >= 15 is 0 Å². The first-order chi connectivity index (χ1) is 12.8. The molecule has 0 unspecified atom stereocenters. The van der Waals surface area contributed by atoms with Crippen LogP contribution in [0.25, 0.3) is 11.3 Å². The minimum Gasteiger partial charge on any atom is -0.361 e. The molecular formula is C23H21IrN3-2. The maximum Gasteiger partial charge on any atom is 0.0921 e. The summed E-state index contributed by atoms with van der Waals surface area (Å²) in [5.41, 5.74) is 3.12. The molecule has 0 bridgehead atoms. The Kier molecular flexibility index (Phi) is 8.50. The van der Waals surface area contributed by atoms with Gasteiger partial charge >= 0.3 is 0 Å². The van der Waals surface area contributed by atoms with Crippen LogP contribution in [0.2, 0.25) is 0 Å².